The van der Waals surface area contributed by atoms with Crippen LogP contribution in [0.1, 0.15) is 49.5 Å². The highest BCUT2D eigenvalue weighted by molar-refractivity contribution is 6.11. The molecule has 27 heavy (non-hydrogen) atoms. The summed E-state index contributed by atoms with van der Waals surface area (Å²) in [6.45, 7) is 9.16. The second-order valence-electron chi connectivity index (χ2n) is 6.86. The molecule has 146 valence electrons. The van der Waals surface area contributed by atoms with Crippen molar-refractivity contribution in [1.29, 1.82) is 0 Å². The molecule has 0 bridgehead atoms. The highest BCUT2D eigenvalue weighted by Gasteiger charge is 2.17. The van der Waals surface area contributed by atoms with E-state index in [2.05, 4.69) is 25.7 Å². The van der Waals surface area contributed by atoms with Gasteiger partial charge in [-0.3, -0.25) is 9.69 Å². The minimum Gasteiger partial charge on any atom is -0.491 e. The number of carbonyl (C=O) groups excluding carboxylic acids is 1. The molecule has 5 nitrogen and oxygen atoms in total. The Hall–Kier alpha value is -2.53. The summed E-state index contributed by atoms with van der Waals surface area (Å²) in [4.78, 5) is 15.3. The molecule has 0 aromatic heterocycles. The van der Waals surface area contributed by atoms with Gasteiger partial charge in [-0.15, -0.1) is 0 Å². The van der Waals surface area contributed by atoms with E-state index < -0.39 is 0 Å². The van der Waals surface area contributed by atoms with Gasteiger partial charge in [-0.2, -0.15) is 0 Å². The number of nitrogens with zero attached hydrogens (tertiary/aromatic N) is 1. The first-order valence-corrected chi connectivity index (χ1v) is 9.63. The zero-order valence-corrected chi connectivity index (χ0v) is 16.6. The average molecular weight is 370 g/mol. The molecule has 0 saturated heterocycles. The Bertz CT molecular complexity index is 755. The van der Waals surface area contributed by atoms with Gasteiger partial charge in [0.1, 0.15) is 12.4 Å². The zero-order chi connectivity index (χ0) is 19.8. The molecule has 2 rings (SSSR count). The van der Waals surface area contributed by atoms with Crippen LogP contribution in [-0.2, 0) is 0 Å². The average Bonchev–Trinajstić information content (AvgIpc) is 2.67. The monoisotopic (exact) mass is 369 g/mol. The summed E-state index contributed by atoms with van der Waals surface area (Å²) in [6, 6.07) is 12.6. The number of carbonyl (C=O) groups is 1. The molecule has 0 aliphatic heterocycles. The van der Waals surface area contributed by atoms with E-state index >= 15 is 0 Å². The number of rotatable bonds is 10. The van der Waals surface area contributed by atoms with Gasteiger partial charge >= 0.3 is 0 Å². The van der Waals surface area contributed by atoms with Crippen LogP contribution in [0.25, 0.3) is 0 Å². The molecule has 0 fully saturated rings. The van der Waals surface area contributed by atoms with Gasteiger partial charge in [0.05, 0.1) is 16.9 Å². The number of nitrogen functional groups attached to an aromatic ring is 2. The van der Waals surface area contributed by atoms with Crippen LogP contribution in [0.15, 0.2) is 42.5 Å². The van der Waals surface area contributed by atoms with Crippen LogP contribution in [-0.4, -0.2) is 36.4 Å². The van der Waals surface area contributed by atoms with E-state index in [4.69, 9.17) is 16.2 Å². The quantitative estimate of drug-likeness (QED) is 0.489. The van der Waals surface area contributed by atoms with Crippen LogP contribution < -0.4 is 16.2 Å². The first-order chi connectivity index (χ1) is 13.0. The molecule has 4 N–H and O–H groups in total. The Morgan fingerprint density at radius 1 is 1.04 bits per heavy atom. The third-order valence-electron chi connectivity index (χ3n) is 4.61. The standard InChI is InChI=1S/C22H31N3O2/c1-4-12-25(13-5-2)16(3)15-27-21-9-7-6-8-18(21)22(26)17-10-11-19(23)20(24)14-17/h6-11,14,16H,4-5,12-13,15,23-24H2,1-3H3. The third-order valence-corrected chi connectivity index (χ3v) is 4.61. The van der Waals surface area contributed by atoms with Gasteiger partial charge in [0.15, 0.2) is 5.78 Å². The molecule has 0 saturated carbocycles. The number of para-hydroxylation sites is 1. The highest BCUT2D eigenvalue weighted by atomic mass is 16.5. The molecule has 0 amide bonds. The number of hydrogen-bond donors (Lipinski definition) is 2. The fourth-order valence-corrected chi connectivity index (χ4v) is 3.09. The van der Waals surface area contributed by atoms with E-state index in [1.807, 2.05) is 18.2 Å². The minimum atomic E-state index is -0.121. The Kier molecular flexibility index (Phi) is 7.67. The smallest absolute Gasteiger partial charge is 0.196 e. The van der Waals surface area contributed by atoms with Crippen molar-refractivity contribution < 1.29 is 9.53 Å². The van der Waals surface area contributed by atoms with E-state index in [1.54, 1.807) is 24.3 Å². The van der Waals surface area contributed by atoms with Crippen LogP contribution in [0.5, 0.6) is 5.75 Å². The van der Waals surface area contributed by atoms with E-state index in [-0.39, 0.29) is 11.8 Å². The summed E-state index contributed by atoms with van der Waals surface area (Å²) in [5.74, 6) is 0.474. The van der Waals surface area contributed by atoms with Crippen molar-refractivity contribution in [3.8, 4) is 5.75 Å². The Labute approximate surface area is 162 Å². The fraction of sp³-hybridized carbons (Fsp3) is 0.409. The lowest BCUT2D eigenvalue weighted by Gasteiger charge is -2.28. The Balaban J connectivity index is 2.15. The number of hydrogen-bond acceptors (Lipinski definition) is 5. The van der Waals surface area contributed by atoms with Gasteiger partial charge in [0.2, 0.25) is 0 Å². The molecule has 1 atom stereocenters. The Morgan fingerprint density at radius 2 is 1.70 bits per heavy atom. The van der Waals surface area contributed by atoms with Crippen molar-refractivity contribution in [1.82, 2.24) is 4.90 Å². The predicted molar refractivity (Wildman–Crippen MR) is 112 cm³/mol. The van der Waals surface area contributed by atoms with Crippen LogP contribution in [0.3, 0.4) is 0 Å². The summed E-state index contributed by atoms with van der Waals surface area (Å²) in [6.07, 6.45) is 2.22. The SMILES string of the molecule is CCCN(CCC)C(C)COc1ccccc1C(=O)c1ccc(N)c(N)c1. The van der Waals surface area contributed by atoms with Crippen LogP contribution in [0, 0.1) is 0 Å². The topological polar surface area (TPSA) is 81.6 Å². The van der Waals surface area contributed by atoms with Crippen LogP contribution in [0.2, 0.25) is 0 Å². The molecule has 2 aromatic carbocycles. The molecule has 0 spiro atoms. The van der Waals surface area contributed by atoms with E-state index in [1.165, 1.54) is 0 Å². The summed E-state index contributed by atoms with van der Waals surface area (Å²) in [5, 5.41) is 0. The summed E-state index contributed by atoms with van der Waals surface area (Å²) in [5.41, 5.74) is 13.5. The first-order valence-electron chi connectivity index (χ1n) is 9.63. The maximum atomic E-state index is 12.9. The van der Waals surface area contributed by atoms with Gasteiger partial charge in [-0.1, -0.05) is 26.0 Å². The van der Waals surface area contributed by atoms with Crippen molar-refractivity contribution in [3.63, 3.8) is 0 Å². The predicted octanol–water partition coefficient (Wildman–Crippen LogP) is 3.97. The van der Waals surface area contributed by atoms with E-state index in [9.17, 15) is 4.79 Å². The van der Waals surface area contributed by atoms with Crippen molar-refractivity contribution in [2.75, 3.05) is 31.2 Å². The molecule has 1 unspecified atom stereocenters. The normalized spacial score (nSPS) is 12.1. The van der Waals surface area contributed by atoms with Crippen molar-refractivity contribution in [2.45, 2.75) is 39.7 Å². The van der Waals surface area contributed by atoms with Crippen molar-refractivity contribution >= 4 is 17.2 Å². The Morgan fingerprint density at radius 3 is 2.33 bits per heavy atom. The van der Waals surface area contributed by atoms with Gasteiger partial charge in [-0.05, 0) is 63.2 Å². The number of nitrogens with two attached hydrogens (primary N) is 2. The maximum absolute atomic E-state index is 12.9. The van der Waals surface area contributed by atoms with Gasteiger partial charge in [0.25, 0.3) is 0 Å². The van der Waals surface area contributed by atoms with Crippen molar-refractivity contribution in [3.05, 3.63) is 53.6 Å². The number of ketones is 1. The molecule has 2 aromatic rings. The first kappa shape index (κ1) is 20.8. The number of ether oxygens (including phenoxy) is 1. The molecular weight excluding hydrogens is 338 g/mol. The summed E-state index contributed by atoms with van der Waals surface area (Å²) >= 11 is 0. The number of benzene rings is 2. The fourth-order valence-electron chi connectivity index (χ4n) is 3.09. The van der Waals surface area contributed by atoms with E-state index in [0.29, 0.717) is 34.9 Å². The largest absolute Gasteiger partial charge is 0.491 e. The summed E-state index contributed by atoms with van der Waals surface area (Å²) < 4.78 is 6.05. The van der Waals surface area contributed by atoms with Gasteiger partial charge in [-0.25, -0.2) is 0 Å². The summed E-state index contributed by atoms with van der Waals surface area (Å²) in [7, 11) is 0. The molecule has 5 heteroatoms. The van der Waals surface area contributed by atoms with E-state index in [0.717, 1.165) is 25.9 Å². The molecule has 0 heterocycles. The zero-order valence-electron chi connectivity index (χ0n) is 16.6. The lowest BCUT2D eigenvalue weighted by atomic mass is 10.0. The lowest BCUT2D eigenvalue weighted by Crippen LogP contribution is -2.38. The third kappa shape index (κ3) is 5.47. The minimum absolute atomic E-state index is 0.121. The van der Waals surface area contributed by atoms with Gasteiger partial charge in [0, 0.05) is 11.6 Å². The number of anilines is 2. The highest BCUT2D eigenvalue weighted by Crippen LogP contribution is 2.24. The molecule has 0 aliphatic rings. The second kappa shape index (κ2) is 9.97. The van der Waals surface area contributed by atoms with Crippen LogP contribution >= 0.6 is 0 Å². The second-order valence-corrected chi connectivity index (χ2v) is 6.86. The van der Waals surface area contributed by atoms with Crippen LogP contribution in [0.4, 0.5) is 11.4 Å². The lowest BCUT2D eigenvalue weighted by molar-refractivity contribution is 0.103. The van der Waals surface area contributed by atoms with Gasteiger partial charge < -0.3 is 16.2 Å². The maximum Gasteiger partial charge on any atom is 0.196 e. The van der Waals surface area contributed by atoms with Crippen molar-refractivity contribution in [2.24, 2.45) is 0 Å². The molecule has 0 aliphatic carbocycles. The molecular formula is C22H31N3O2. The molecule has 0 radical (unpaired) electrons.